The molecule has 0 radical (unpaired) electrons. The van der Waals surface area contributed by atoms with Gasteiger partial charge in [-0.1, -0.05) is 12.1 Å². The van der Waals surface area contributed by atoms with Crippen molar-refractivity contribution in [3.8, 4) is 0 Å². The molecule has 0 aliphatic carbocycles. The normalized spacial score (nSPS) is 16.2. The summed E-state index contributed by atoms with van der Waals surface area (Å²) in [6.45, 7) is 5.46. The molecule has 1 aromatic heterocycles. The Hall–Kier alpha value is -1.06. The zero-order valence-electron chi connectivity index (χ0n) is 7.40. The molecule has 1 fully saturated rings. The molecular weight excluding hydrogens is 152 g/mol. The fourth-order valence-corrected chi connectivity index (χ4v) is 1.41. The molecule has 2 rings (SSSR count). The number of nitrogens with zero attached hydrogens (tertiary/aromatic N) is 4. The van der Waals surface area contributed by atoms with Crippen molar-refractivity contribution in [1.29, 1.82) is 0 Å². The van der Waals surface area contributed by atoms with Crippen LogP contribution in [-0.2, 0) is 6.54 Å². The summed E-state index contributed by atoms with van der Waals surface area (Å²) >= 11 is 0. The Morgan fingerprint density at radius 1 is 1.50 bits per heavy atom. The van der Waals surface area contributed by atoms with Crippen LogP contribution in [0.5, 0.6) is 0 Å². The smallest absolute Gasteiger partial charge is 0.147 e. The number of hydrogen-bond acceptors (Lipinski definition) is 3. The van der Waals surface area contributed by atoms with Crippen LogP contribution in [0.1, 0.15) is 19.8 Å². The van der Waals surface area contributed by atoms with Gasteiger partial charge in [0.05, 0.1) is 6.20 Å². The third-order valence-corrected chi connectivity index (χ3v) is 2.21. The van der Waals surface area contributed by atoms with Gasteiger partial charge in [-0.05, 0) is 12.8 Å². The summed E-state index contributed by atoms with van der Waals surface area (Å²) in [5.74, 6) is 1.18. The van der Waals surface area contributed by atoms with Gasteiger partial charge >= 0.3 is 0 Å². The minimum atomic E-state index is 0.978. The van der Waals surface area contributed by atoms with Crippen molar-refractivity contribution in [1.82, 2.24) is 15.0 Å². The van der Waals surface area contributed by atoms with Crippen LogP contribution in [0.4, 0.5) is 5.82 Å². The molecule has 0 N–H and O–H groups in total. The topological polar surface area (TPSA) is 34.0 Å². The van der Waals surface area contributed by atoms with E-state index in [0.717, 1.165) is 26.1 Å². The third-order valence-electron chi connectivity index (χ3n) is 2.21. The second-order valence-corrected chi connectivity index (χ2v) is 3.16. The average molecular weight is 166 g/mol. The highest BCUT2D eigenvalue weighted by Crippen LogP contribution is 2.18. The molecule has 4 heteroatoms. The summed E-state index contributed by atoms with van der Waals surface area (Å²) in [6.07, 6.45) is 4.27. The first-order chi connectivity index (χ1) is 5.92. The van der Waals surface area contributed by atoms with Crippen LogP contribution in [0.3, 0.4) is 0 Å². The van der Waals surface area contributed by atoms with Gasteiger partial charge in [0, 0.05) is 19.6 Å². The first-order valence-electron chi connectivity index (χ1n) is 4.55. The monoisotopic (exact) mass is 166 g/mol. The summed E-state index contributed by atoms with van der Waals surface area (Å²) in [4.78, 5) is 2.32. The SMILES string of the molecule is CCCn1nncc1N1CCC1. The fourth-order valence-electron chi connectivity index (χ4n) is 1.41. The molecule has 0 spiro atoms. The second-order valence-electron chi connectivity index (χ2n) is 3.16. The number of aryl methyl sites for hydroxylation is 1. The van der Waals surface area contributed by atoms with E-state index in [4.69, 9.17) is 0 Å². The van der Waals surface area contributed by atoms with E-state index >= 15 is 0 Å². The van der Waals surface area contributed by atoms with Crippen LogP contribution in [0.15, 0.2) is 6.20 Å². The van der Waals surface area contributed by atoms with Crippen LogP contribution in [0.2, 0.25) is 0 Å². The van der Waals surface area contributed by atoms with Gasteiger partial charge in [0.25, 0.3) is 0 Å². The number of hydrogen-bond donors (Lipinski definition) is 0. The van der Waals surface area contributed by atoms with Crippen LogP contribution in [0, 0.1) is 0 Å². The first-order valence-corrected chi connectivity index (χ1v) is 4.55. The van der Waals surface area contributed by atoms with Gasteiger partial charge < -0.3 is 4.90 Å². The van der Waals surface area contributed by atoms with Crippen LogP contribution < -0.4 is 4.90 Å². The van der Waals surface area contributed by atoms with E-state index in [2.05, 4.69) is 22.1 Å². The highest BCUT2D eigenvalue weighted by Gasteiger charge is 2.18. The van der Waals surface area contributed by atoms with E-state index in [9.17, 15) is 0 Å². The zero-order valence-corrected chi connectivity index (χ0v) is 7.40. The molecule has 66 valence electrons. The van der Waals surface area contributed by atoms with E-state index in [1.165, 1.54) is 12.2 Å². The standard InChI is InChI=1S/C8H14N4/c1-2-4-12-8(7-9-10-12)11-5-3-6-11/h7H,2-6H2,1H3. The predicted octanol–water partition coefficient (Wildman–Crippen LogP) is 0.898. The highest BCUT2D eigenvalue weighted by molar-refractivity contribution is 5.38. The predicted molar refractivity (Wildman–Crippen MR) is 47.1 cm³/mol. The van der Waals surface area contributed by atoms with Gasteiger partial charge in [-0.2, -0.15) is 0 Å². The van der Waals surface area contributed by atoms with E-state index in [1.807, 2.05) is 10.9 Å². The average Bonchev–Trinajstić information content (AvgIpc) is 2.35. The Bertz CT molecular complexity index is 251. The lowest BCUT2D eigenvalue weighted by Crippen LogP contribution is -2.38. The molecule has 1 saturated heterocycles. The van der Waals surface area contributed by atoms with E-state index in [0.29, 0.717) is 0 Å². The zero-order chi connectivity index (χ0) is 8.39. The van der Waals surface area contributed by atoms with Crippen LogP contribution in [-0.4, -0.2) is 28.1 Å². The number of rotatable bonds is 3. The maximum absolute atomic E-state index is 4.03. The molecule has 4 nitrogen and oxygen atoms in total. The molecule has 0 bridgehead atoms. The van der Waals surface area contributed by atoms with Crippen molar-refractivity contribution >= 4 is 5.82 Å². The largest absolute Gasteiger partial charge is 0.355 e. The summed E-state index contributed by atoms with van der Waals surface area (Å²) in [5.41, 5.74) is 0. The van der Waals surface area contributed by atoms with Crippen LogP contribution >= 0.6 is 0 Å². The van der Waals surface area contributed by atoms with Gasteiger partial charge in [0.2, 0.25) is 0 Å². The van der Waals surface area contributed by atoms with E-state index in [1.54, 1.807) is 0 Å². The summed E-state index contributed by atoms with van der Waals surface area (Å²) in [6, 6.07) is 0. The lowest BCUT2D eigenvalue weighted by atomic mass is 10.2. The molecule has 12 heavy (non-hydrogen) atoms. The Morgan fingerprint density at radius 3 is 2.92 bits per heavy atom. The van der Waals surface area contributed by atoms with Crippen molar-refractivity contribution in [2.45, 2.75) is 26.3 Å². The molecule has 0 atom stereocenters. The van der Waals surface area contributed by atoms with Crippen LogP contribution in [0.25, 0.3) is 0 Å². The Labute approximate surface area is 72.2 Å². The Morgan fingerprint density at radius 2 is 2.33 bits per heavy atom. The maximum atomic E-state index is 4.03. The quantitative estimate of drug-likeness (QED) is 0.669. The van der Waals surface area contributed by atoms with Gasteiger partial charge in [-0.3, -0.25) is 0 Å². The molecule has 2 heterocycles. The van der Waals surface area contributed by atoms with Crippen molar-refractivity contribution in [3.05, 3.63) is 6.20 Å². The summed E-state index contributed by atoms with van der Waals surface area (Å²) in [5, 5.41) is 7.95. The minimum absolute atomic E-state index is 0.978. The van der Waals surface area contributed by atoms with Crippen molar-refractivity contribution in [2.75, 3.05) is 18.0 Å². The Kier molecular flexibility index (Phi) is 1.98. The molecule has 0 unspecified atom stereocenters. The lowest BCUT2D eigenvalue weighted by molar-refractivity contribution is 0.536. The van der Waals surface area contributed by atoms with E-state index < -0.39 is 0 Å². The first kappa shape index (κ1) is 7.58. The van der Waals surface area contributed by atoms with E-state index in [-0.39, 0.29) is 0 Å². The van der Waals surface area contributed by atoms with Crippen molar-refractivity contribution in [3.63, 3.8) is 0 Å². The van der Waals surface area contributed by atoms with Crippen molar-refractivity contribution < 1.29 is 0 Å². The number of anilines is 1. The van der Waals surface area contributed by atoms with Gasteiger partial charge in [0.15, 0.2) is 0 Å². The summed E-state index contributed by atoms with van der Waals surface area (Å²) < 4.78 is 1.99. The maximum Gasteiger partial charge on any atom is 0.147 e. The third kappa shape index (κ3) is 1.17. The second kappa shape index (κ2) is 3.13. The summed E-state index contributed by atoms with van der Waals surface area (Å²) in [7, 11) is 0. The lowest BCUT2D eigenvalue weighted by Gasteiger charge is -2.32. The van der Waals surface area contributed by atoms with Crippen molar-refractivity contribution in [2.24, 2.45) is 0 Å². The fraction of sp³-hybridized carbons (Fsp3) is 0.750. The molecular formula is C8H14N4. The molecule has 0 saturated carbocycles. The van der Waals surface area contributed by atoms with Gasteiger partial charge in [-0.25, -0.2) is 4.68 Å². The molecule has 1 aromatic rings. The van der Waals surface area contributed by atoms with Gasteiger partial charge in [-0.15, -0.1) is 5.10 Å². The molecule has 1 aliphatic heterocycles. The molecule has 0 amide bonds. The molecule has 0 aromatic carbocycles. The number of aromatic nitrogens is 3. The molecule has 1 aliphatic rings. The van der Waals surface area contributed by atoms with Gasteiger partial charge in [0.1, 0.15) is 5.82 Å². The Balaban J connectivity index is 2.12. The highest BCUT2D eigenvalue weighted by atomic mass is 15.5. The minimum Gasteiger partial charge on any atom is -0.355 e.